The van der Waals surface area contributed by atoms with Crippen LogP contribution in [0.3, 0.4) is 0 Å². The van der Waals surface area contributed by atoms with Crippen LogP contribution < -0.4 is 26.6 Å². The highest BCUT2D eigenvalue weighted by molar-refractivity contribution is 5.86. The van der Waals surface area contributed by atoms with Crippen LogP contribution in [0.25, 0.3) is 11.2 Å². The Hall–Kier alpha value is -5.60. The van der Waals surface area contributed by atoms with E-state index in [-0.39, 0.29) is 36.6 Å². The van der Waals surface area contributed by atoms with Crippen molar-refractivity contribution in [3.63, 3.8) is 0 Å². The number of nitrogen functional groups attached to an aromatic ring is 1. The van der Waals surface area contributed by atoms with Crippen molar-refractivity contribution >= 4 is 22.9 Å². The number of aromatic nitrogens is 4. The van der Waals surface area contributed by atoms with Gasteiger partial charge in [0.25, 0.3) is 11.5 Å². The summed E-state index contributed by atoms with van der Waals surface area (Å²) < 4.78 is 61.9. The number of nitrogens with two attached hydrogens (primary N) is 1. The highest BCUT2D eigenvalue weighted by Crippen LogP contribution is 2.36. The monoisotopic (exact) mass is 598 g/mol. The number of alkyl halides is 2. The van der Waals surface area contributed by atoms with Gasteiger partial charge in [0.15, 0.2) is 17.3 Å². The normalized spacial score (nSPS) is 13.9. The summed E-state index contributed by atoms with van der Waals surface area (Å²) in [6.07, 6.45) is 3.91. The van der Waals surface area contributed by atoms with Gasteiger partial charge in [-0.25, -0.2) is 31.7 Å². The minimum absolute atomic E-state index is 0.00111. The third kappa shape index (κ3) is 6.34. The zero-order valence-electron chi connectivity index (χ0n) is 22.0. The van der Waals surface area contributed by atoms with Crippen LogP contribution in [0, 0.1) is 11.6 Å². The first-order chi connectivity index (χ1) is 20.4. The summed E-state index contributed by atoms with van der Waals surface area (Å²) in [6, 6.07) is 12.3. The predicted molar refractivity (Wildman–Crippen MR) is 147 cm³/mol. The van der Waals surface area contributed by atoms with Crippen molar-refractivity contribution < 1.29 is 32.2 Å². The largest absolute Gasteiger partial charge is 0.477 e. The van der Waals surface area contributed by atoms with Crippen molar-refractivity contribution in [1.82, 2.24) is 19.2 Å². The predicted octanol–water partition coefficient (Wildman–Crippen LogP) is 4.06. The summed E-state index contributed by atoms with van der Waals surface area (Å²) in [6.45, 7) is -0.134. The summed E-state index contributed by atoms with van der Waals surface area (Å²) in [5, 5.41) is 12.9. The van der Waals surface area contributed by atoms with Gasteiger partial charge >= 0.3 is 11.7 Å². The molecule has 0 saturated carbocycles. The second kappa shape index (κ2) is 11.3. The Labute approximate surface area is 239 Å². The quantitative estimate of drug-likeness (QED) is 0.203. The molecule has 222 valence electrons. The van der Waals surface area contributed by atoms with Gasteiger partial charge in [0.1, 0.15) is 16.9 Å². The SMILES string of the molecule is Nc1ccc(Oc2cc(N3CCC(F)(F)C3)cn3nccc23)c(F)c1.O=C(O)c1cn(-c2ccc(F)cc2)c(=O)[nH]c1=O. The van der Waals surface area contributed by atoms with E-state index in [0.29, 0.717) is 17.0 Å². The molecule has 5 aromatic rings. The Bertz CT molecular complexity index is 1940. The molecule has 0 atom stereocenters. The molecule has 3 aromatic heterocycles. The van der Waals surface area contributed by atoms with Gasteiger partial charge < -0.3 is 20.5 Å². The van der Waals surface area contributed by atoms with Gasteiger partial charge in [-0.15, -0.1) is 0 Å². The Morgan fingerprint density at radius 3 is 2.40 bits per heavy atom. The summed E-state index contributed by atoms with van der Waals surface area (Å²) in [5.41, 5.74) is 4.87. The zero-order valence-corrected chi connectivity index (χ0v) is 22.0. The van der Waals surface area contributed by atoms with Crippen molar-refractivity contribution in [2.45, 2.75) is 12.3 Å². The number of H-pyrrole nitrogens is 1. The maximum Gasteiger partial charge on any atom is 0.342 e. The molecule has 1 fully saturated rings. The molecule has 0 bridgehead atoms. The van der Waals surface area contributed by atoms with Gasteiger partial charge in [-0.2, -0.15) is 5.10 Å². The second-order valence-electron chi connectivity index (χ2n) is 9.50. The number of pyridine rings is 1. The zero-order chi connectivity index (χ0) is 30.9. The number of benzene rings is 2. The Balaban J connectivity index is 0.000000181. The molecular weight excluding hydrogens is 576 g/mol. The Morgan fingerprint density at radius 1 is 1.00 bits per heavy atom. The molecule has 6 rings (SSSR count). The van der Waals surface area contributed by atoms with E-state index in [2.05, 4.69) is 5.10 Å². The standard InChI is InChI=1S/C17H15F3N4O.C11H7FN2O4/c18-13-7-11(21)1-2-15(13)25-16-8-12(9-24-14(16)3-5-22-24)23-6-4-17(19,20)10-23;12-6-1-3-7(4-2-6)14-5-8(10(16)17)9(15)13-11(14)18/h1-3,5,7-9H,4,6,10,21H2;1-5H,(H,16,17)(H,13,15,18). The Kier molecular flexibility index (Phi) is 7.63. The van der Waals surface area contributed by atoms with Crippen LogP contribution in [0.2, 0.25) is 0 Å². The number of ether oxygens (including phenoxy) is 1. The molecule has 4 heterocycles. The number of nitrogens with zero attached hydrogens (tertiary/aromatic N) is 4. The fraction of sp³-hybridized carbons (Fsp3) is 0.143. The molecule has 0 aliphatic carbocycles. The van der Waals surface area contributed by atoms with Crippen molar-refractivity contribution in [3.05, 3.63) is 111 Å². The molecule has 1 aliphatic rings. The van der Waals surface area contributed by atoms with Crippen molar-refractivity contribution in [3.8, 4) is 17.2 Å². The molecule has 0 amide bonds. The number of nitrogens with one attached hydrogen (secondary N) is 1. The van der Waals surface area contributed by atoms with Crippen LogP contribution in [0.1, 0.15) is 16.8 Å². The molecule has 43 heavy (non-hydrogen) atoms. The van der Waals surface area contributed by atoms with E-state index >= 15 is 0 Å². The number of carboxylic acids is 1. The van der Waals surface area contributed by atoms with E-state index in [1.807, 2.05) is 4.98 Å². The van der Waals surface area contributed by atoms with Crippen molar-refractivity contribution in [2.75, 3.05) is 23.7 Å². The van der Waals surface area contributed by atoms with Gasteiger partial charge in [-0.3, -0.25) is 14.3 Å². The molecule has 15 heteroatoms. The fourth-order valence-electron chi connectivity index (χ4n) is 4.33. The number of carboxylic acid groups (broad SMARTS) is 1. The lowest BCUT2D eigenvalue weighted by Crippen LogP contribution is -2.32. The second-order valence-corrected chi connectivity index (χ2v) is 9.50. The fourth-order valence-corrected chi connectivity index (χ4v) is 4.33. The maximum absolute atomic E-state index is 14.0. The van der Waals surface area contributed by atoms with Crippen LogP contribution in [0.4, 0.5) is 28.9 Å². The van der Waals surface area contributed by atoms with Crippen molar-refractivity contribution in [2.24, 2.45) is 0 Å². The number of aromatic amines is 1. The first-order valence-electron chi connectivity index (χ1n) is 12.6. The molecule has 0 spiro atoms. The molecule has 4 N–H and O–H groups in total. The van der Waals surface area contributed by atoms with E-state index < -0.39 is 40.3 Å². The van der Waals surface area contributed by atoms with Crippen LogP contribution >= 0.6 is 0 Å². The van der Waals surface area contributed by atoms with Gasteiger partial charge in [0.05, 0.1) is 30.3 Å². The number of aromatic carboxylic acids is 1. The van der Waals surface area contributed by atoms with E-state index in [1.54, 1.807) is 29.4 Å². The number of hydrogen-bond acceptors (Lipinski definition) is 7. The van der Waals surface area contributed by atoms with E-state index in [4.69, 9.17) is 15.6 Å². The van der Waals surface area contributed by atoms with Gasteiger partial charge in [0.2, 0.25) is 0 Å². The van der Waals surface area contributed by atoms with E-state index in [9.17, 15) is 31.9 Å². The van der Waals surface area contributed by atoms with Crippen LogP contribution in [-0.2, 0) is 0 Å². The highest BCUT2D eigenvalue weighted by Gasteiger charge is 2.38. The van der Waals surface area contributed by atoms with E-state index in [0.717, 1.165) is 29.0 Å². The lowest BCUT2D eigenvalue weighted by atomic mass is 10.3. The lowest BCUT2D eigenvalue weighted by Gasteiger charge is -2.19. The number of carbonyl (C=O) groups is 1. The summed E-state index contributed by atoms with van der Waals surface area (Å²) in [5.74, 6) is -4.93. The average Bonchev–Trinajstić information content (AvgIpc) is 3.57. The Morgan fingerprint density at radius 2 is 1.74 bits per heavy atom. The van der Waals surface area contributed by atoms with Crippen molar-refractivity contribution in [1.29, 1.82) is 0 Å². The molecule has 11 nitrogen and oxygen atoms in total. The van der Waals surface area contributed by atoms with Gasteiger partial charge in [-0.1, -0.05) is 0 Å². The minimum Gasteiger partial charge on any atom is -0.477 e. The third-order valence-corrected chi connectivity index (χ3v) is 6.44. The first kappa shape index (κ1) is 28.9. The molecule has 0 unspecified atom stereocenters. The average molecular weight is 599 g/mol. The molecular formula is C28H22F4N6O5. The molecule has 1 saturated heterocycles. The van der Waals surface area contributed by atoms with Gasteiger partial charge in [0, 0.05) is 37.0 Å². The summed E-state index contributed by atoms with van der Waals surface area (Å²) in [7, 11) is 0. The summed E-state index contributed by atoms with van der Waals surface area (Å²) >= 11 is 0. The van der Waals surface area contributed by atoms with Crippen LogP contribution in [-0.4, -0.2) is 49.3 Å². The third-order valence-electron chi connectivity index (χ3n) is 6.44. The van der Waals surface area contributed by atoms with Crippen LogP contribution in [0.5, 0.6) is 11.5 Å². The molecule has 1 aliphatic heterocycles. The van der Waals surface area contributed by atoms with E-state index in [1.165, 1.54) is 28.8 Å². The number of anilines is 2. The van der Waals surface area contributed by atoms with Crippen LogP contribution in [0.15, 0.2) is 82.8 Å². The molecule has 0 radical (unpaired) electrons. The number of halogens is 4. The van der Waals surface area contributed by atoms with Gasteiger partial charge in [-0.05, 0) is 42.5 Å². The minimum atomic E-state index is -2.72. The maximum atomic E-state index is 14.0. The lowest BCUT2D eigenvalue weighted by molar-refractivity contribution is 0.0257. The number of hydrogen-bond donors (Lipinski definition) is 3. The first-order valence-corrected chi connectivity index (χ1v) is 12.6. The molecule has 2 aromatic carbocycles. The topological polar surface area (TPSA) is 148 Å². The number of fused-ring (bicyclic) bond motifs is 1. The highest BCUT2D eigenvalue weighted by atomic mass is 19.3. The number of rotatable bonds is 5. The summed E-state index contributed by atoms with van der Waals surface area (Å²) in [4.78, 5) is 36.9. The smallest absolute Gasteiger partial charge is 0.342 e.